The molecule has 0 bridgehead atoms. The number of likely N-dealkylation sites (tertiary alicyclic amines) is 1. The van der Waals surface area contributed by atoms with E-state index < -0.39 is 6.04 Å². The van der Waals surface area contributed by atoms with Crippen LogP contribution in [0, 0.1) is 0 Å². The molecule has 4 aromatic rings. The fraction of sp³-hybridized carbons (Fsp3) is 0.250. The number of aromatic nitrogens is 2. The van der Waals surface area contributed by atoms with Crippen molar-refractivity contribution in [3.05, 3.63) is 95.7 Å². The molecule has 2 aliphatic heterocycles. The predicted molar refractivity (Wildman–Crippen MR) is 157 cm³/mol. The van der Waals surface area contributed by atoms with E-state index in [1.807, 2.05) is 52.3 Å². The maximum Gasteiger partial charge on any atom is 0.260 e. The van der Waals surface area contributed by atoms with Gasteiger partial charge in [0.1, 0.15) is 23.3 Å². The Kier molecular flexibility index (Phi) is 7.59. The van der Waals surface area contributed by atoms with Crippen LogP contribution in [-0.2, 0) is 16.1 Å². The normalized spacial score (nSPS) is 15.8. The van der Waals surface area contributed by atoms with E-state index >= 15 is 0 Å². The summed E-state index contributed by atoms with van der Waals surface area (Å²) in [6, 6.07) is 22.9. The lowest BCUT2D eigenvalue weighted by Crippen LogP contribution is -2.32. The Morgan fingerprint density at radius 3 is 2.26 bits per heavy atom. The number of ether oxygens (including phenoxy) is 2. The van der Waals surface area contributed by atoms with Gasteiger partial charge in [-0.2, -0.15) is 5.10 Å². The Labute approximate surface area is 243 Å². The van der Waals surface area contributed by atoms with Crippen LogP contribution in [0.25, 0.3) is 0 Å². The maximum absolute atomic E-state index is 13.1. The molecule has 1 atom stereocenters. The molecule has 0 saturated carbocycles. The smallest absolute Gasteiger partial charge is 0.260 e. The number of nitrogens with zero attached hydrogens (tertiary/aromatic N) is 3. The highest BCUT2D eigenvalue weighted by Gasteiger charge is 2.38. The molecule has 0 aliphatic carbocycles. The summed E-state index contributed by atoms with van der Waals surface area (Å²) in [5.41, 5.74) is 2.65. The summed E-state index contributed by atoms with van der Waals surface area (Å²) in [5.74, 6) is 1.79. The van der Waals surface area contributed by atoms with E-state index in [0.717, 1.165) is 37.3 Å². The van der Waals surface area contributed by atoms with Crippen LogP contribution in [0.5, 0.6) is 17.2 Å². The van der Waals surface area contributed by atoms with Gasteiger partial charge in [0.2, 0.25) is 0 Å². The van der Waals surface area contributed by atoms with Crippen LogP contribution in [0.3, 0.4) is 0 Å². The number of hydrogen-bond donors (Lipinski definition) is 2. The summed E-state index contributed by atoms with van der Waals surface area (Å²) in [6.45, 7) is 3.52. The fourth-order valence-electron chi connectivity index (χ4n) is 5.39. The molecule has 0 radical (unpaired) electrons. The molecule has 3 heterocycles. The quantitative estimate of drug-likeness (QED) is 0.290. The van der Waals surface area contributed by atoms with E-state index in [1.54, 1.807) is 36.4 Å². The Morgan fingerprint density at radius 2 is 1.57 bits per heavy atom. The number of ketones is 1. The second kappa shape index (κ2) is 11.8. The number of amides is 2. The fourth-order valence-corrected chi connectivity index (χ4v) is 5.39. The van der Waals surface area contributed by atoms with E-state index in [1.165, 1.54) is 6.92 Å². The number of carbonyl (C=O) groups is 3. The first-order valence-corrected chi connectivity index (χ1v) is 14.0. The molecule has 0 spiro atoms. The molecule has 42 heavy (non-hydrogen) atoms. The number of para-hydroxylation sites is 1. The van der Waals surface area contributed by atoms with E-state index in [9.17, 15) is 14.4 Å². The standard InChI is InChI=1S/C32H31N5O5/c1-21(38)30-29-27(19-37(30)23-11-15-24(16-12-23)41-20-28(39)36-17-5-6-18-36)34-35-31(29)33-32(40)22-9-13-26(14-10-22)42-25-7-3-2-4-8-25/h2-4,7-16,30H,5-6,17-20H2,1H3,(H2,33,34,35,40). The van der Waals surface area contributed by atoms with Gasteiger partial charge in [0.15, 0.2) is 18.2 Å². The highest BCUT2D eigenvalue weighted by Crippen LogP contribution is 2.41. The number of anilines is 2. The van der Waals surface area contributed by atoms with Crippen LogP contribution < -0.4 is 19.7 Å². The molecule has 1 aromatic heterocycles. The zero-order valence-electron chi connectivity index (χ0n) is 23.2. The zero-order valence-corrected chi connectivity index (χ0v) is 23.2. The lowest BCUT2D eigenvalue weighted by atomic mass is 10.1. The lowest BCUT2D eigenvalue weighted by Gasteiger charge is -2.26. The topological polar surface area (TPSA) is 117 Å². The third-order valence-corrected chi connectivity index (χ3v) is 7.50. The van der Waals surface area contributed by atoms with Crippen LogP contribution in [0.1, 0.15) is 47.4 Å². The molecule has 1 unspecified atom stereocenters. The van der Waals surface area contributed by atoms with Gasteiger partial charge >= 0.3 is 0 Å². The van der Waals surface area contributed by atoms with Gasteiger partial charge in [-0.3, -0.25) is 19.5 Å². The Balaban J connectivity index is 1.12. The van der Waals surface area contributed by atoms with Crippen LogP contribution in [0.2, 0.25) is 0 Å². The van der Waals surface area contributed by atoms with E-state index in [-0.39, 0.29) is 24.2 Å². The second-order valence-electron chi connectivity index (χ2n) is 10.4. The SMILES string of the molecule is CC(=O)C1c2c(NC(=O)c3ccc(Oc4ccccc4)cc3)n[nH]c2CN1c1ccc(OCC(=O)N2CCCC2)cc1. The number of benzene rings is 3. The van der Waals surface area contributed by atoms with Gasteiger partial charge in [-0.15, -0.1) is 0 Å². The average Bonchev–Trinajstić information content (AvgIpc) is 3.76. The lowest BCUT2D eigenvalue weighted by molar-refractivity contribution is -0.132. The number of carbonyl (C=O) groups excluding carboxylic acids is 3. The van der Waals surface area contributed by atoms with Crippen molar-refractivity contribution < 1.29 is 23.9 Å². The van der Waals surface area contributed by atoms with Crippen LogP contribution in [-0.4, -0.2) is 52.4 Å². The first kappa shape index (κ1) is 27.1. The van der Waals surface area contributed by atoms with Gasteiger partial charge in [-0.1, -0.05) is 18.2 Å². The van der Waals surface area contributed by atoms with Crippen molar-refractivity contribution in [3.63, 3.8) is 0 Å². The zero-order chi connectivity index (χ0) is 29.1. The van der Waals surface area contributed by atoms with Gasteiger partial charge in [-0.25, -0.2) is 0 Å². The monoisotopic (exact) mass is 565 g/mol. The first-order chi connectivity index (χ1) is 20.5. The number of Topliss-reactive ketones (excluding diaryl/α,β-unsaturated/α-hetero) is 1. The van der Waals surface area contributed by atoms with Crippen LogP contribution in [0.4, 0.5) is 11.5 Å². The Hall–Kier alpha value is -5.12. The summed E-state index contributed by atoms with van der Waals surface area (Å²) in [5, 5.41) is 10.2. The summed E-state index contributed by atoms with van der Waals surface area (Å²) < 4.78 is 11.5. The van der Waals surface area contributed by atoms with Gasteiger partial charge in [0.25, 0.3) is 11.8 Å². The molecule has 3 aromatic carbocycles. The summed E-state index contributed by atoms with van der Waals surface area (Å²) in [6.07, 6.45) is 2.07. The number of fused-ring (bicyclic) bond motifs is 1. The number of H-pyrrole nitrogens is 1. The van der Waals surface area contributed by atoms with Gasteiger partial charge in [0.05, 0.1) is 12.2 Å². The predicted octanol–water partition coefficient (Wildman–Crippen LogP) is 5.11. The van der Waals surface area contributed by atoms with E-state index in [2.05, 4.69) is 15.5 Å². The molecule has 2 aliphatic rings. The molecule has 214 valence electrons. The molecule has 2 amide bonds. The van der Waals surface area contributed by atoms with Gasteiger partial charge in [-0.05, 0) is 80.4 Å². The van der Waals surface area contributed by atoms with Crippen LogP contribution >= 0.6 is 0 Å². The van der Waals surface area contributed by atoms with Crippen molar-refractivity contribution in [2.45, 2.75) is 32.4 Å². The average molecular weight is 566 g/mol. The minimum Gasteiger partial charge on any atom is -0.484 e. The Morgan fingerprint density at radius 1 is 0.905 bits per heavy atom. The number of rotatable bonds is 9. The van der Waals surface area contributed by atoms with Crippen molar-refractivity contribution in [2.75, 3.05) is 29.9 Å². The number of hydrogen-bond acceptors (Lipinski definition) is 7. The first-order valence-electron chi connectivity index (χ1n) is 14.0. The minimum absolute atomic E-state index is 0.00119. The molecular weight excluding hydrogens is 534 g/mol. The van der Waals surface area contributed by atoms with Gasteiger partial charge < -0.3 is 24.6 Å². The van der Waals surface area contributed by atoms with Crippen molar-refractivity contribution in [1.82, 2.24) is 15.1 Å². The molecule has 10 heteroatoms. The van der Waals surface area contributed by atoms with Crippen molar-refractivity contribution >= 4 is 29.1 Å². The third-order valence-electron chi connectivity index (χ3n) is 7.50. The molecular formula is C32H31N5O5. The number of nitrogens with one attached hydrogen (secondary N) is 2. The molecule has 1 saturated heterocycles. The highest BCUT2D eigenvalue weighted by atomic mass is 16.5. The summed E-state index contributed by atoms with van der Waals surface area (Å²) in [4.78, 5) is 42.1. The minimum atomic E-state index is -0.626. The van der Waals surface area contributed by atoms with Crippen LogP contribution in [0.15, 0.2) is 78.9 Å². The van der Waals surface area contributed by atoms with E-state index in [4.69, 9.17) is 9.47 Å². The number of aromatic amines is 1. The molecule has 6 rings (SSSR count). The maximum atomic E-state index is 13.1. The second-order valence-corrected chi connectivity index (χ2v) is 10.4. The molecule has 2 N–H and O–H groups in total. The van der Waals surface area contributed by atoms with Crippen molar-refractivity contribution in [3.8, 4) is 17.2 Å². The van der Waals surface area contributed by atoms with E-state index in [0.29, 0.717) is 40.7 Å². The summed E-state index contributed by atoms with van der Waals surface area (Å²) >= 11 is 0. The van der Waals surface area contributed by atoms with Crippen molar-refractivity contribution in [2.24, 2.45) is 0 Å². The Bertz CT molecular complexity index is 1580. The van der Waals surface area contributed by atoms with Gasteiger partial charge in [0, 0.05) is 29.9 Å². The highest BCUT2D eigenvalue weighted by molar-refractivity contribution is 6.05. The van der Waals surface area contributed by atoms with Crippen molar-refractivity contribution in [1.29, 1.82) is 0 Å². The summed E-state index contributed by atoms with van der Waals surface area (Å²) in [7, 11) is 0. The largest absolute Gasteiger partial charge is 0.484 e. The molecule has 1 fully saturated rings. The molecule has 10 nitrogen and oxygen atoms in total. The third kappa shape index (κ3) is 5.69.